The molecule has 0 aromatic heterocycles. The highest BCUT2D eigenvalue weighted by Crippen LogP contribution is 2.29. The number of amides is 2. The van der Waals surface area contributed by atoms with Crippen molar-refractivity contribution in [3.05, 3.63) is 33.8 Å². The van der Waals surface area contributed by atoms with Crippen molar-refractivity contribution in [2.24, 2.45) is 0 Å². The summed E-state index contributed by atoms with van der Waals surface area (Å²) < 4.78 is 0. The molecule has 1 aromatic carbocycles. The zero-order chi connectivity index (χ0) is 18.3. The molecule has 0 heterocycles. The second-order valence-corrected chi connectivity index (χ2v) is 6.61. The van der Waals surface area contributed by atoms with Gasteiger partial charge in [0.2, 0.25) is 11.8 Å². The lowest BCUT2D eigenvalue weighted by atomic mass is 10.1. The number of carbonyl (C=O) groups excluding carboxylic acids is 2. The molecule has 134 valence electrons. The topological polar surface area (TPSA) is 40.6 Å². The summed E-state index contributed by atoms with van der Waals surface area (Å²) in [4.78, 5) is 27.8. The second-order valence-electron chi connectivity index (χ2n) is 5.77. The van der Waals surface area contributed by atoms with Crippen molar-refractivity contribution in [3.8, 4) is 0 Å². The number of carbonyl (C=O) groups is 2. The van der Waals surface area contributed by atoms with Crippen LogP contribution in [0, 0.1) is 0 Å². The molecule has 0 saturated carbocycles. The average Bonchev–Trinajstić information content (AvgIpc) is 2.54. The van der Waals surface area contributed by atoms with Crippen LogP contribution < -0.4 is 0 Å². The zero-order valence-corrected chi connectivity index (χ0v) is 16.3. The number of nitrogens with zero attached hydrogens (tertiary/aromatic N) is 2. The molecule has 1 rings (SSSR count). The van der Waals surface area contributed by atoms with Crippen LogP contribution in [-0.2, 0) is 9.59 Å². The van der Waals surface area contributed by atoms with Crippen molar-refractivity contribution in [1.82, 2.24) is 9.80 Å². The van der Waals surface area contributed by atoms with E-state index in [9.17, 15) is 9.59 Å². The summed E-state index contributed by atoms with van der Waals surface area (Å²) in [5, 5.41) is 1.12. The third-order valence-corrected chi connectivity index (χ3v) is 4.85. The van der Waals surface area contributed by atoms with Gasteiger partial charge in [-0.3, -0.25) is 9.59 Å². The van der Waals surface area contributed by atoms with E-state index in [0.29, 0.717) is 42.4 Å². The minimum Gasteiger partial charge on any atom is -0.343 e. The van der Waals surface area contributed by atoms with Crippen molar-refractivity contribution in [3.63, 3.8) is 0 Å². The Kier molecular flexibility index (Phi) is 8.57. The number of hydrogen-bond acceptors (Lipinski definition) is 2. The van der Waals surface area contributed by atoms with E-state index in [0.717, 1.165) is 5.56 Å². The van der Waals surface area contributed by atoms with Gasteiger partial charge in [-0.25, -0.2) is 0 Å². The monoisotopic (exact) mass is 372 g/mol. The maximum absolute atomic E-state index is 12.4. The molecule has 4 nitrogen and oxygen atoms in total. The van der Waals surface area contributed by atoms with Crippen LogP contribution in [-0.4, -0.2) is 41.8 Å². The first-order valence-electron chi connectivity index (χ1n) is 8.30. The highest BCUT2D eigenvalue weighted by Gasteiger charge is 2.20. The molecule has 0 N–H and O–H groups in total. The van der Waals surface area contributed by atoms with E-state index in [1.54, 1.807) is 29.0 Å². The summed E-state index contributed by atoms with van der Waals surface area (Å²) in [6.45, 7) is 7.24. The third kappa shape index (κ3) is 5.67. The Labute approximate surface area is 154 Å². The maximum atomic E-state index is 12.4. The predicted molar refractivity (Wildman–Crippen MR) is 99.4 cm³/mol. The molecule has 0 aliphatic carbocycles. The summed E-state index contributed by atoms with van der Waals surface area (Å²) in [5.41, 5.74) is 0.858. The van der Waals surface area contributed by atoms with Gasteiger partial charge in [-0.2, -0.15) is 0 Å². The van der Waals surface area contributed by atoms with Crippen LogP contribution in [0.15, 0.2) is 18.2 Å². The van der Waals surface area contributed by atoms with Crippen molar-refractivity contribution in [1.29, 1.82) is 0 Å². The molecular formula is C18H26Cl2N2O2. The highest BCUT2D eigenvalue weighted by molar-refractivity contribution is 6.35. The van der Waals surface area contributed by atoms with E-state index in [2.05, 4.69) is 0 Å². The maximum Gasteiger partial charge on any atom is 0.222 e. The fourth-order valence-electron chi connectivity index (χ4n) is 2.57. The van der Waals surface area contributed by atoms with E-state index in [-0.39, 0.29) is 17.9 Å². The first kappa shape index (κ1) is 20.8. The molecule has 0 aliphatic heterocycles. The molecule has 1 aromatic rings. The van der Waals surface area contributed by atoms with Gasteiger partial charge in [-0.1, -0.05) is 29.3 Å². The van der Waals surface area contributed by atoms with Crippen LogP contribution in [0.5, 0.6) is 0 Å². The summed E-state index contributed by atoms with van der Waals surface area (Å²) >= 11 is 12.1. The van der Waals surface area contributed by atoms with Crippen LogP contribution in [0.1, 0.15) is 51.6 Å². The van der Waals surface area contributed by atoms with E-state index < -0.39 is 0 Å². The summed E-state index contributed by atoms with van der Waals surface area (Å²) in [7, 11) is 1.75. The van der Waals surface area contributed by atoms with Gasteiger partial charge in [-0.15, -0.1) is 0 Å². The predicted octanol–water partition coefficient (Wildman–Crippen LogP) is 4.55. The molecule has 0 bridgehead atoms. The number of hydrogen-bond donors (Lipinski definition) is 0. The minimum atomic E-state index is -0.152. The number of benzene rings is 1. The van der Waals surface area contributed by atoms with Gasteiger partial charge in [0.05, 0.1) is 6.04 Å². The first-order chi connectivity index (χ1) is 11.3. The van der Waals surface area contributed by atoms with Gasteiger partial charge in [0.15, 0.2) is 0 Å². The summed E-state index contributed by atoms with van der Waals surface area (Å²) in [6.07, 6.45) is 1.30. The molecule has 1 unspecified atom stereocenters. The first-order valence-corrected chi connectivity index (χ1v) is 9.05. The van der Waals surface area contributed by atoms with Gasteiger partial charge in [0.1, 0.15) is 0 Å². The van der Waals surface area contributed by atoms with Crippen molar-refractivity contribution >= 4 is 35.0 Å². The number of halogens is 2. The van der Waals surface area contributed by atoms with E-state index in [1.807, 2.05) is 26.8 Å². The van der Waals surface area contributed by atoms with Gasteiger partial charge in [-0.05, 0) is 44.9 Å². The standard InChI is InChI=1S/C18H26Cl2N2O2/c1-5-22(6-2)18(24)9-7-8-17(23)21(4)13(3)15-11-10-14(19)12-16(15)20/h10-13H,5-9H2,1-4H3. The number of rotatable bonds is 8. The Morgan fingerprint density at radius 2 is 1.67 bits per heavy atom. The lowest BCUT2D eigenvalue weighted by Gasteiger charge is -2.26. The largest absolute Gasteiger partial charge is 0.343 e. The van der Waals surface area contributed by atoms with E-state index >= 15 is 0 Å². The molecule has 6 heteroatoms. The van der Waals surface area contributed by atoms with Crippen LogP contribution in [0.4, 0.5) is 0 Å². The Morgan fingerprint density at radius 3 is 2.21 bits per heavy atom. The Morgan fingerprint density at radius 1 is 1.08 bits per heavy atom. The highest BCUT2D eigenvalue weighted by atomic mass is 35.5. The van der Waals surface area contributed by atoms with Crippen LogP contribution in [0.2, 0.25) is 10.0 Å². The smallest absolute Gasteiger partial charge is 0.222 e. The van der Waals surface area contributed by atoms with Gasteiger partial charge in [0.25, 0.3) is 0 Å². The molecule has 0 aliphatic rings. The van der Waals surface area contributed by atoms with Gasteiger partial charge >= 0.3 is 0 Å². The van der Waals surface area contributed by atoms with E-state index in [1.165, 1.54) is 0 Å². The molecule has 0 saturated heterocycles. The fourth-order valence-corrected chi connectivity index (χ4v) is 3.13. The van der Waals surface area contributed by atoms with Crippen LogP contribution in [0.3, 0.4) is 0 Å². The summed E-state index contributed by atoms with van der Waals surface area (Å²) in [5.74, 6) is 0.102. The minimum absolute atomic E-state index is 0.000800. The quantitative estimate of drug-likeness (QED) is 0.671. The normalized spacial score (nSPS) is 11.9. The Bertz CT molecular complexity index is 574. The molecule has 0 fully saturated rings. The molecule has 1 atom stereocenters. The lowest BCUT2D eigenvalue weighted by Crippen LogP contribution is -2.32. The Hall–Kier alpha value is -1.26. The molecule has 0 spiro atoms. The third-order valence-electron chi connectivity index (χ3n) is 4.28. The molecule has 0 radical (unpaired) electrons. The van der Waals surface area contributed by atoms with Crippen molar-refractivity contribution in [2.75, 3.05) is 20.1 Å². The average molecular weight is 373 g/mol. The Balaban J connectivity index is 2.56. The fraction of sp³-hybridized carbons (Fsp3) is 0.556. The SMILES string of the molecule is CCN(CC)C(=O)CCCC(=O)N(C)C(C)c1ccc(Cl)cc1Cl. The van der Waals surface area contributed by atoms with Crippen molar-refractivity contribution < 1.29 is 9.59 Å². The molecular weight excluding hydrogens is 347 g/mol. The van der Waals surface area contributed by atoms with E-state index in [4.69, 9.17) is 23.2 Å². The van der Waals surface area contributed by atoms with Crippen LogP contribution in [0.25, 0.3) is 0 Å². The van der Waals surface area contributed by atoms with Gasteiger partial charge < -0.3 is 9.80 Å². The molecule has 2 amide bonds. The second kappa shape index (κ2) is 9.90. The lowest BCUT2D eigenvalue weighted by molar-refractivity contribution is -0.133. The van der Waals surface area contributed by atoms with Crippen molar-refractivity contribution in [2.45, 2.75) is 46.1 Å². The molecule has 24 heavy (non-hydrogen) atoms. The van der Waals surface area contributed by atoms with Gasteiger partial charge in [0, 0.05) is 43.0 Å². The summed E-state index contributed by atoms with van der Waals surface area (Å²) in [6, 6.07) is 5.13. The zero-order valence-electron chi connectivity index (χ0n) is 14.8. The van der Waals surface area contributed by atoms with Crippen LogP contribution >= 0.6 is 23.2 Å².